The quantitative estimate of drug-likeness (QED) is 0.758. The average molecular weight is 353 g/mol. The van der Waals surface area contributed by atoms with Crippen LogP contribution in [0.5, 0.6) is 0 Å². The second-order valence-electron chi connectivity index (χ2n) is 5.39. The molecule has 2 aromatic rings. The minimum Gasteiger partial charge on any atom is -0.389 e. The summed E-state index contributed by atoms with van der Waals surface area (Å²) < 4.78 is 14.4. The molecule has 1 aliphatic heterocycles. The number of amides is 2. The summed E-state index contributed by atoms with van der Waals surface area (Å²) in [5.74, 6) is -1.42. The Labute approximate surface area is 141 Å². The van der Waals surface area contributed by atoms with Gasteiger partial charge in [0.2, 0.25) is 0 Å². The Kier molecular flexibility index (Phi) is 4.50. The average Bonchev–Trinajstić information content (AvgIpc) is 2.92. The third-order valence-corrected chi connectivity index (χ3v) is 3.85. The predicted molar refractivity (Wildman–Crippen MR) is 83.1 cm³/mol. The molecule has 7 nitrogen and oxygen atoms in total. The van der Waals surface area contributed by atoms with Crippen molar-refractivity contribution < 1.29 is 19.1 Å². The van der Waals surface area contributed by atoms with Gasteiger partial charge in [-0.1, -0.05) is 17.7 Å². The molecule has 0 fully saturated rings. The predicted octanol–water partition coefficient (Wildman–Crippen LogP) is 0.710. The Morgan fingerprint density at radius 1 is 1.50 bits per heavy atom. The maximum Gasteiger partial charge on any atom is 0.272 e. The van der Waals surface area contributed by atoms with Crippen LogP contribution in [0, 0.1) is 5.82 Å². The molecule has 0 saturated carbocycles. The van der Waals surface area contributed by atoms with Gasteiger partial charge in [0.05, 0.1) is 17.7 Å². The number of aromatic nitrogens is 2. The fourth-order valence-corrected chi connectivity index (χ4v) is 2.54. The summed E-state index contributed by atoms with van der Waals surface area (Å²) in [5.41, 5.74) is 0.896. The Morgan fingerprint density at radius 2 is 2.29 bits per heavy atom. The molecule has 0 spiro atoms. The van der Waals surface area contributed by atoms with Gasteiger partial charge in [0, 0.05) is 19.2 Å². The number of fused-ring (bicyclic) bond motifs is 1. The number of aliphatic hydroxyl groups excluding tert-OH is 1. The fraction of sp³-hybridized carbons (Fsp3) is 0.267. The van der Waals surface area contributed by atoms with E-state index in [0.29, 0.717) is 5.56 Å². The maximum absolute atomic E-state index is 13.1. The monoisotopic (exact) mass is 352 g/mol. The molecule has 9 heteroatoms. The molecule has 1 unspecified atom stereocenters. The molecule has 126 valence electrons. The zero-order valence-electron chi connectivity index (χ0n) is 12.4. The fourth-order valence-electron chi connectivity index (χ4n) is 2.34. The van der Waals surface area contributed by atoms with E-state index in [1.54, 1.807) is 0 Å². The van der Waals surface area contributed by atoms with Crippen LogP contribution in [0.3, 0.4) is 0 Å². The van der Waals surface area contributed by atoms with Crippen LogP contribution in [0.1, 0.15) is 26.5 Å². The molecule has 0 aliphatic carbocycles. The molecule has 1 aromatic heterocycles. The number of β-amino-alcohol motifs (C(OH)–C–C–N with tert-alkyl or cyclic N) is 1. The third-order valence-electron chi connectivity index (χ3n) is 3.56. The zero-order chi connectivity index (χ0) is 17.3. The molecule has 24 heavy (non-hydrogen) atoms. The summed E-state index contributed by atoms with van der Waals surface area (Å²) in [4.78, 5) is 24.0. The maximum atomic E-state index is 13.1. The minimum absolute atomic E-state index is 0.0267. The number of hydrogen-bond donors (Lipinski definition) is 3. The minimum atomic E-state index is -0.771. The van der Waals surface area contributed by atoms with Crippen molar-refractivity contribution in [2.45, 2.75) is 19.2 Å². The number of nitrogens with zero attached hydrogens (tertiary/aromatic N) is 2. The highest BCUT2D eigenvalue weighted by molar-refractivity contribution is 6.30. The Morgan fingerprint density at radius 3 is 3.04 bits per heavy atom. The number of benzene rings is 1. The van der Waals surface area contributed by atoms with Gasteiger partial charge in [-0.05, 0) is 17.7 Å². The van der Waals surface area contributed by atoms with Crippen molar-refractivity contribution in [1.29, 1.82) is 0 Å². The SMILES string of the molecule is O=C(NCc1ccc(F)c(Cl)c1)c1cc2n(n1)CC(O)CNC2=O. The van der Waals surface area contributed by atoms with Gasteiger partial charge < -0.3 is 15.7 Å². The number of carbonyl (C=O) groups excluding carboxylic acids is 2. The number of rotatable bonds is 3. The lowest BCUT2D eigenvalue weighted by Gasteiger charge is -2.06. The van der Waals surface area contributed by atoms with Gasteiger partial charge in [-0.3, -0.25) is 14.3 Å². The van der Waals surface area contributed by atoms with Gasteiger partial charge >= 0.3 is 0 Å². The van der Waals surface area contributed by atoms with Crippen LogP contribution in [0.25, 0.3) is 0 Å². The normalized spacial score (nSPS) is 17.0. The molecule has 0 saturated heterocycles. The van der Waals surface area contributed by atoms with Crippen molar-refractivity contribution in [3.63, 3.8) is 0 Å². The van der Waals surface area contributed by atoms with Gasteiger partial charge in [-0.2, -0.15) is 5.10 Å². The molecule has 3 rings (SSSR count). The lowest BCUT2D eigenvalue weighted by atomic mass is 10.2. The largest absolute Gasteiger partial charge is 0.389 e. The summed E-state index contributed by atoms with van der Waals surface area (Å²) in [6.45, 7) is 0.389. The van der Waals surface area contributed by atoms with Gasteiger partial charge in [-0.25, -0.2) is 4.39 Å². The molecule has 2 heterocycles. The highest BCUT2D eigenvalue weighted by Crippen LogP contribution is 2.16. The number of nitrogens with one attached hydrogen (secondary N) is 2. The molecule has 0 radical (unpaired) electrons. The van der Waals surface area contributed by atoms with E-state index in [-0.39, 0.29) is 36.0 Å². The lowest BCUT2D eigenvalue weighted by Crippen LogP contribution is -2.30. The summed E-state index contributed by atoms with van der Waals surface area (Å²) in [5, 5.41) is 18.9. The summed E-state index contributed by atoms with van der Waals surface area (Å²) >= 11 is 5.69. The van der Waals surface area contributed by atoms with Crippen LogP contribution in [0.2, 0.25) is 5.02 Å². The number of halogens is 2. The van der Waals surface area contributed by atoms with E-state index in [1.165, 1.54) is 28.9 Å². The van der Waals surface area contributed by atoms with E-state index in [2.05, 4.69) is 15.7 Å². The van der Waals surface area contributed by atoms with Crippen molar-refractivity contribution in [3.05, 3.63) is 52.1 Å². The summed E-state index contributed by atoms with van der Waals surface area (Å²) in [7, 11) is 0. The number of aliphatic hydroxyl groups is 1. The first-order valence-electron chi connectivity index (χ1n) is 7.20. The molecule has 1 aliphatic rings. The Bertz CT molecular complexity index is 808. The first-order chi connectivity index (χ1) is 11.4. The van der Waals surface area contributed by atoms with Crippen LogP contribution in [0.4, 0.5) is 4.39 Å². The highest BCUT2D eigenvalue weighted by Gasteiger charge is 2.24. The first-order valence-corrected chi connectivity index (χ1v) is 7.58. The second kappa shape index (κ2) is 6.58. The van der Waals surface area contributed by atoms with Crippen LogP contribution in [-0.2, 0) is 13.1 Å². The molecule has 3 N–H and O–H groups in total. The first kappa shape index (κ1) is 16.4. The van der Waals surface area contributed by atoms with Crippen LogP contribution < -0.4 is 10.6 Å². The molecule has 2 amide bonds. The zero-order valence-corrected chi connectivity index (χ0v) is 13.2. The van der Waals surface area contributed by atoms with Crippen molar-refractivity contribution in [3.8, 4) is 0 Å². The van der Waals surface area contributed by atoms with Crippen molar-refractivity contribution in [1.82, 2.24) is 20.4 Å². The summed E-state index contributed by atoms with van der Waals surface area (Å²) in [6, 6.07) is 5.51. The lowest BCUT2D eigenvalue weighted by molar-refractivity contribution is 0.0931. The van der Waals surface area contributed by atoms with Crippen molar-refractivity contribution in [2.75, 3.05) is 6.54 Å². The standard InChI is InChI=1S/C15H14ClFN4O3/c16-10-3-8(1-2-11(10)17)5-18-14(23)12-4-13-15(24)19-6-9(22)7-21(13)20-12/h1-4,9,22H,5-7H2,(H,18,23)(H,19,24). The van der Waals surface area contributed by atoms with Gasteiger partial charge in [0.1, 0.15) is 11.5 Å². The molecule has 0 bridgehead atoms. The Hall–Kier alpha value is -2.45. The molecule has 1 atom stereocenters. The van der Waals surface area contributed by atoms with Gasteiger partial charge in [0.15, 0.2) is 5.69 Å². The molecular weight excluding hydrogens is 339 g/mol. The van der Waals surface area contributed by atoms with E-state index in [9.17, 15) is 19.1 Å². The van der Waals surface area contributed by atoms with E-state index in [1.807, 2.05) is 0 Å². The second-order valence-corrected chi connectivity index (χ2v) is 5.80. The van der Waals surface area contributed by atoms with E-state index in [0.717, 1.165) is 0 Å². The Balaban J connectivity index is 1.71. The number of hydrogen-bond acceptors (Lipinski definition) is 4. The van der Waals surface area contributed by atoms with Crippen LogP contribution in [-0.4, -0.2) is 39.4 Å². The smallest absolute Gasteiger partial charge is 0.272 e. The molecule has 1 aromatic carbocycles. The third kappa shape index (κ3) is 3.39. The van der Waals surface area contributed by atoms with E-state index >= 15 is 0 Å². The van der Waals surface area contributed by atoms with E-state index < -0.39 is 23.7 Å². The topological polar surface area (TPSA) is 96.2 Å². The highest BCUT2D eigenvalue weighted by atomic mass is 35.5. The van der Waals surface area contributed by atoms with Crippen LogP contribution >= 0.6 is 11.6 Å². The summed E-state index contributed by atoms with van der Waals surface area (Å²) in [6.07, 6.45) is -0.771. The van der Waals surface area contributed by atoms with Crippen molar-refractivity contribution in [2.24, 2.45) is 0 Å². The van der Waals surface area contributed by atoms with E-state index in [4.69, 9.17) is 11.6 Å². The number of carbonyl (C=O) groups is 2. The van der Waals surface area contributed by atoms with Gasteiger partial charge in [-0.15, -0.1) is 0 Å². The van der Waals surface area contributed by atoms with Gasteiger partial charge in [0.25, 0.3) is 11.8 Å². The van der Waals surface area contributed by atoms with Crippen LogP contribution in [0.15, 0.2) is 24.3 Å². The van der Waals surface area contributed by atoms with Crippen molar-refractivity contribution >= 4 is 23.4 Å². The molecular formula is C15H14ClFN4O3.